The first-order valence-corrected chi connectivity index (χ1v) is 3.42. The van der Waals surface area contributed by atoms with Crippen LogP contribution in [0, 0.1) is 12.3 Å². The van der Waals surface area contributed by atoms with Crippen molar-refractivity contribution in [3.05, 3.63) is 0 Å². The zero-order valence-electron chi connectivity index (χ0n) is 4.42. The van der Waals surface area contributed by atoms with Crippen molar-refractivity contribution in [1.29, 1.82) is 0 Å². The fourth-order valence-electron chi connectivity index (χ4n) is 0.161. The predicted octanol–water partition coefficient (Wildman–Crippen LogP) is -0.404. The molecule has 0 fully saturated rings. The van der Waals surface area contributed by atoms with Crippen molar-refractivity contribution in [1.82, 2.24) is 0 Å². The smallest absolute Gasteiger partial charge is 0.273 e. The highest BCUT2D eigenvalue weighted by Crippen LogP contribution is 1.85. The summed E-state index contributed by atoms with van der Waals surface area (Å²) in [5, 5.41) is 0. The summed E-state index contributed by atoms with van der Waals surface area (Å²) in [5.74, 6) is 1.59. The third-order valence-electron chi connectivity index (χ3n) is 0.514. The van der Waals surface area contributed by atoms with Crippen LogP contribution in [0.1, 0.15) is 0 Å². The van der Waals surface area contributed by atoms with Crippen LogP contribution in [-0.4, -0.2) is 21.3 Å². The van der Waals surface area contributed by atoms with Crippen molar-refractivity contribution in [2.24, 2.45) is 0 Å². The van der Waals surface area contributed by atoms with E-state index < -0.39 is 10.1 Å². The molecule has 0 rings (SSSR count). The van der Waals surface area contributed by atoms with E-state index in [9.17, 15) is 8.42 Å². The Labute approximate surface area is 48.8 Å². The van der Waals surface area contributed by atoms with Gasteiger partial charge in [-0.2, -0.15) is 8.42 Å². The van der Waals surface area contributed by atoms with Crippen molar-refractivity contribution in [2.45, 2.75) is 0 Å². The van der Waals surface area contributed by atoms with Gasteiger partial charge in [-0.05, 0) is 0 Å². The molecule has 0 aromatic rings. The summed E-state index contributed by atoms with van der Waals surface area (Å²) in [6, 6.07) is 0. The Kier molecular flexibility index (Phi) is 2.52. The molecule has 0 aromatic heterocycles. The molecule has 0 bridgehead atoms. The van der Waals surface area contributed by atoms with Crippen molar-refractivity contribution in [3.63, 3.8) is 0 Å². The lowest BCUT2D eigenvalue weighted by molar-refractivity contribution is 0.401. The van der Waals surface area contributed by atoms with Gasteiger partial charge in [-0.1, -0.05) is 5.92 Å². The van der Waals surface area contributed by atoms with Crippen molar-refractivity contribution in [2.75, 3.05) is 12.9 Å². The molecule has 0 saturated heterocycles. The Bertz CT molecular complexity index is 184. The first kappa shape index (κ1) is 7.47. The second kappa shape index (κ2) is 2.70. The van der Waals surface area contributed by atoms with E-state index in [0.29, 0.717) is 0 Å². The Morgan fingerprint density at radius 1 is 1.75 bits per heavy atom. The van der Waals surface area contributed by atoms with E-state index in [2.05, 4.69) is 10.6 Å². The highest BCUT2D eigenvalue weighted by molar-refractivity contribution is 7.86. The van der Waals surface area contributed by atoms with E-state index in [0.717, 1.165) is 7.11 Å². The maximum absolute atomic E-state index is 10.2. The molecule has 8 heavy (non-hydrogen) atoms. The summed E-state index contributed by atoms with van der Waals surface area (Å²) in [4.78, 5) is 0. The Balaban J connectivity index is 4.01. The molecule has 0 saturated carbocycles. The summed E-state index contributed by atoms with van der Waals surface area (Å²) in [6.45, 7) is 0. The van der Waals surface area contributed by atoms with Gasteiger partial charge in [-0.3, -0.25) is 4.18 Å². The van der Waals surface area contributed by atoms with Crippen molar-refractivity contribution in [3.8, 4) is 12.3 Å². The van der Waals surface area contributed by atoms with E-state index >= 15 is 0 Å². The van der Waals surface area contributed by atoms with Crippen LogP contribution < -0.4 is 0 Å². The molecular formula is C4H6O3S. The van der Waals surface area contributed by atoms with Crippen LogP contribution in [0.25, 0.3) is 0 Å². The lowest BCUT2D eigenvalue weighted by atomic mass is 10.8. The average molecular weight is 134 g/mol. The predicted molar refractivity (Wildman–Crippen MR) is 29.6 cm³/mol. The standard InChI is InChI=1S/C4H6O3S/c1-3-4-8(5,6)7-2/h1H,4H2,2H3. The molecule has 0 spiro atoms. The molecule has 0 aliphatic rings. The minimum atomic E-state index is -3.41. The highest BCUT2D eigenvalue weighted by Gasteiger charge is 2.02. The molecule has 0 unspecified atom stereocenters. The Morgan fingerprint density at radius 2 is 2.25 bits per heavy atom. The topological polar surface area (TPSA) is 43.4 Å². The van der Waals surface area contributed by atoms with Gasteiger partial charge in [-0.25, -0.2) is 0 Å². The summed E-state index contributed by atoms with van der Waals surface area (Å²) in [7, 11) is -2.33. The van der Waals surface area contributed by atoms with E-state index in [1.807, 2.05) is 5.92 Å². The molecule has 0 aromatic carbocycles. The third kappa shape index (κ3) is 2.61. The molecule has 0 heterocycles. The minimum Gasteiger partial charge on any atom is -0.273 e. The summed E-state index contributed by atoms with van der Waals surface area (Å²) < 4.78 is 24.5. The van der Waals surface area contributed by atoms with Gasteiger partial charge < -0.3 is 0 Å². The SMILES string of the molecule is C#CCS(=O)(=O)OC. The monoisotopic (exact) mass is 134 g/mol. The van der Waals surface area contributed by atoms with Gasteiger partial charge in [0, 0.05) is 0 Å². The first-order chi connectivity index (χ1) is 3.62. The molecule has 0 amide bonds. The maximum atomic E-state index is 10.2. The molecule has 46 valence electrons. The highest BCUT2D eigenvalue weighted by atomic mass is 32.2. The van der Waals surface area contributed by atoms with Crippen LogP contribution in [0.3, 0.4) is 0 Å². The Morgan fingerprint density at radius 3 is 2.38 bits per heavy atom. The van der Waals surface area contributed by atoms with E-state index in [1.165, 1.54) is 0 Å². The van der Waals surface area contributed by atoms with Gasteiger partial charge in [0.25, 0.3) is 10.1 Å². The van der Waals surface area contributed by atoms with Gasteiger partial charge >= 0.3 is 0 Å². The number of rotatable bonds is 2. The van der Waals surface area contributed by atoms with Crippen LogP contribution in [0.4, 0.5) is 0 Å². The fraction of sp³-hybridized carbons (Fsp3) is 0.500. The molecular weight excluding hydrogens is 128 g/mol. The van der Waals surface area contributed by atoms with E-state index in [4.69, 9.17) is 0 Å². The third-order valence-corrected chi connectivity index (χ3v) is 1.54. The van der Waals surface area contributed by atoms with E-state index in [-0.39, 0.29) is 5.75 Å². The molecule has 0 N–H and O–H groups in total. The summed E-state index contributed by atoms with van der Waals surface area (Å²) in [6.07, 6.45) is 4.68. The van der Waals surface area contributed by atoms with Crippen LogP contribution in [-0.2, 0) is 14.3 Å². The van der Waals surface area contributed by atoms with Crippen molar-refractivity contribution >= 4 is 10.1 Å². The van der Waals surface area contributed by atoms with Gasteiger partial charge in [0.15, 0.2) is 0 Å². The molecule has 3 nitrogen and oxygen atoms in total. The van der Waals surface area contributed by atoms with Gasteiger partial charge in [-0.15, -0.1) is 6.42 Å². The van der Waals surface area contributed by atoms with Gasteiger partial charge in [0.1, 0.15) is 5.75 Å². The number of terminal acetylenes is 1. The molecule has 0 radical (unpaired) electrons. The van der Waals surface area contributed by atoms with Gasteiger partial charge in [0.05, 0.1) is 7.11 Å². The zero-order chi connectivity index (χ0) is 6.62. The number of hydrogen-bond donors (Lipinski definition) is 0. The molecule has 0 aliphatic carbocycles. The lowest BCUT2D eigenvalue weighted by Crippen LogP contribution is -2.04. The molecule has 0 atom stereocenters. The Hall–Kier alpha value is -0.530. The zero-order valence-corrected chi connectivity index (χ0v) is 5.23. The maximum Gasteiger partial charge on any atom is 0.278 e. The molecule has 4 heteroatoms. The second-order valence-electron chi connectivity index (χ2n) is 1.07. The van der Waals surface area contributed by atoms with Gasteiger partial charge in [0.2, 0.25) is 0 Å². The van der Waals surface area contributed by atoms with Crippen molar-refractivity contribution < 1.29 is 12.6 Å². The van der Waals surface area contributed by atoms with Crippen LogP contribution in [0.15, 0.2) is 0 Å². The first-order valence-electron chi connectivity index (χ1n) is 1.84. The van der Waals surface area contributed by atoms with E-state index in [1.54, 1.807) is 0 Å². The normalized spacial score (nSPS) is 10.5. The number of hydrogen-bond acceptors (Lipinski definition) is 3. The minimum absolute atomic E-state index is 0.358. The lowest BCUT2D eigenvalue weighted by Gasteiger charge is -1.90. The second-order valence-corrected chi connectivity index (χ2v) is 2.81. The van der Waals surface area contributed by atoms with Crippen LogP contribution in [0.5, 0.6) is 0 Å². The fourth-order valence-corrected chi connectivity index (χ4v) is 0.483. The average Bonchev–Trinajstić information content (AvgIpc) is 1.67. The summed E-state index contributed by atoms with van der Waals surface area (Å²) in [5.41, 5.74) is 0. The van der Waals surface area contributed by atoms with Crippen LogP contribution >= 0.6 is 0 Å². The summed E-state index contributed by atoms with van der Waals surface area (Å²) >= 11 is 0. The quantitative estimate of drug-likeness (QED) is 0.381. The van der Waals surface area contributed by atoms with Crippen LogP contribution in [0.2, 0.25) is 0 Å². The molecule has 0 aliphatic heterocycles. The largest absolute Gasteiger partial charge is 0.278 e.